The summed E-state index contributed by atoms with van der Waals surface area (Å²) in [4.78, 5) is 19.9. The maximum atomic E-state index is 13.1. The van der Waals surface area contributed by atoms with Gasteiger partial charge in [-0.05, 0) is 93.6 Å². The molecule has 0 aliphatic carbocycles. The lowest BCUT2D eigenvalue weighted by Gasteiger charge is -2.48. The van der Waals surface area contributed by atoms with Gasteiger partial charge >= 0.3 is 0 Å². The van der Waals surface area contributed by atoms with Crippen LogP contribution in [0, 0.1) is 13.8 Å². The van der Waals surface area contributed by atoms with Gasteiger partial charge in [0.05, 0.1) is 13.2 Å². The Morgan fingerprint density at radius 2 is 1.86 bits per heavy atom. The normalized spacial score (nSPS) is 20.4. The molecule has 2 aliphatic heterocycles. The van der Waals surface area contributed by atoms with Gasteiger partial charge < -0.3 is 19.6 Å². The molecule has 36 heavy (non-hydrogen) atoms. The number of ether oxygens (including phenoxy) is 1. The van der Waals surface area contributed by atoms with E-state index in [1.165, 1.54) is 23.1 Å². The SMILES string of the molecule is Cc1c(OCCCN(C)CCO)ccc(C2CCC[C@H]3CN(C(=O)c4ccc(Cl)cc4)CCN23)c1C. The van der Waals surface area contributed by atoms with Crippen LogP contribution in [0.2, 0.25) is 5.02 Å². The summed E-state index contributed by atoms with van der Waals surface area (Å²) < 4.78 is 6.13. The van der Waals surface area contributed by atoms with Crippen LogP contribution in [0.1, 0.15) is 58.8 Å². The van der Waals surface area contributed by atoms with Crippen molar-refractivity contribution in [2.24, 2.45) is 0 Å². The van der Waals surface area contributed by atoms with Crippen LogP contribution in [0.3, 0.4) is 0 Å². The van der Waals surface area contributed by atoms with Gasteiger partial charge in [0.1, 0.15) is 5.75 Å². The molecule has 1 unspecified atom stereocenters. The second-order valence-electron chi connectivity index (χ2n) is 10.2. The number of hydrogen-bond acceptors (Lipinski definition) is 5. The summed E-state index contributed by atoms with van der Waals surface area (Å²) in [5.41, 5.74) is 4.64. The molecule has 6 nitrogen and oxygen atoms in total. The molecule has 2 atom stereocenters. The van der Waals surface area contributed by atoms with Crippen molar-refractivity contribution in [3.8, 4) is 5.75 Å². The number of amides is 1. The van der Waals surface area contributed by atoms with Crippen molar-refractivity contribution in [3.05, 3.63) is 63.7 Å². The number of halogens is 1. The van der Waals surface area contributed by atoms with Crippen LogP contribution >= 0.6 is 11.6 Å². The average molecular weight is 514 g/mol. The lowest BCUT2D eigenvalue weighted by atomic mass is 9.86. The van der Waals surface area contributed by atoms with Gasteiger partial charge in [-0.15, -0.1) is 0 Å². The lowest BCUT2D eigenvalue weighted by Crippen LogP contribution is -2.57. The molecule has 2 heterocycles. The lowest BCUT2D eigenvalue weighted by molar-refractivity contribution is 0.0101. The van der Waals surface area contributed by atoms with Crippen molar-refractivity contribution in [2.75, 3.05) is 53.0 Å². The Kier molecular flexibility index (Phi) is 9.29. The minimum absolute atomic E-state index is 0.101. The molecule has 196 valence electrons. The molecule has 2 aromatic carbocycles. The number of hydrogen-bond donors (Lipinski definition) is 1. The highest BCUT2D eigenvalue weighted by Gasteiger charge is 2.37. The molecular weight excluding hydrogens is 474 g/mol. The summed E-state index contributed by atoms with van der Waals surface area (Å²) in [6.45, 7) is 9.27. The van der Waals surface area contributed by atoms with Crippen LogP contribution in [0.25, 0.3) is 0 Å². The maximum absolute atomic E-state index is 13.1. The minimum Gasteiger partial charge on any atom is -0.493 e. The maximum Gasteiger partial charge on any atom is 0.253 e. The van der Waals surface area contributed by atoms with Gasteiger partial charge in [0, 0.05) is 55.4 Å². The molecule has 2 fully saturated rings. The van der Waals surface area contributed by atoms with E-state index in [1.807, 2.05) is 24.1 Å². The van der Waals surface area contributed by atoms with Crippen molar-refractivity contribution in [1.29, 1.82) is 0 Å². The fourth-order valence-corrected chi connectivity index (χ4v) is 5.80. The third-order valence-electron chi connectivity index (χ3n) is 7.88. The molecule has 1 N–H and O–H groups in total. The number of aliphatic hydroxyl groups excluding tert-OH is 1. The number of carbonyl (C=O) groups excluding carboxylic acids is 1. The number of rotatable bonds is 9. The zero-order valence-electron chi connectivity index (χ0n) is 21.9. The molecule has 2 aromatic rings. The van der Waals surface area contributed by atoms with Gasteiger partial charge in [0.15, 0.2) is 0 Å². The number of fused-ring (bicyclic) bond motifs is 1. The van der Waals surface area contributed by atoms with E-state index in [0.717, 1.165) is 51.2 Å². The van der Waals surface area contributed by atoms with E-state index in [2.05, 4.69) is 35.8 Å². The molecule has 2 aliphatic rings. The van der Waals surface area contributed by atoms with Crippen molar-refractivity contribution >= 4 is 17.5 Å². The summed E-state index contributed by atoms with van der Waals surface area (Å²) >= 11 is 6.01. The molecule has 0 radical (unpaired) electrons. The third-order valence-corrected chi connectivity index (χ3v) is 8.14. The van der Waals surface area contributed by atoms with Crippen LogP contribution in [0.15, 0.2) is 36.4 Å². The van der Waals surface area contributed by atoms with Crippen LogP contribution in [-0.4, -0.2) is 84.7 Å². The first-order chi connectivity index (χ1) is 17.4. The molecule has 0 spiro atoms. The number of nitrogens with zero attached hydrogens (tertiary/aromatic N) is 3. The first-order valence-corrected chi connectivity index (χ1v) is 13.6. The van der Waals surface area contributed by atoms with Gasteiger partial charge in [-0.1, -0.05) is 17.7 Å². The van der Waals surface area contributed by atoms with Crippen molar-refractivity contribution in [3.63, 3.8) is 0 Å². The number of carbonyl (C=O) groups is 1. The molecule has 0 aromatic heterocycles. The highest BCUT2D eigenvalue weighted by atomic mass is 35.5. The molecule has 0 saturated carbocycles. The summed E-state index contributed by atoms with van der Waals surface area (Å²) in [7, 11) is 2.02. The molecular formula is C29H40ClN3O3. The van der Waals surface area contributed by atoms with Crippen LogP contribution in [0.4, 0.5) is 0 Å². The van der Waals surface area contributed by atoms with E-state index in [4.69, 9.17) is 21.4 Å². The summed E-state index contributed by atoms with van der Waals surface area (Å²) in [5, 5.41) is 9.69. The first kappa shape index (κ1) is 26.9. The van der Waals surface area contributed by atoms with Crippen molar-refractivity contribution in [1.82, 2.24) is 14.7 Å². The first-order valence-electron chi connectivity index (χ1n) is 13.2. The summed E-state index contributed by atoms with van der Waals surface area (Å²) in [5.74, 6) is 1.07. The number of likely N-dealkylation sites (N-methyl/N-ethyl adjacent to an activating group) is 1. The van der Waals surface area contributed by atoms with Crippen LogP contribution < -0.4 is 4.74 Å². The Morgan fingerprint density at radius 3 is 2.61 bits per heavy atom. The number of aliphatic hydroxyl groups is 1. The van der Waals surface area contributed by atoms with Gasteiger partial charge in [0.2, 0.25) is 0 Å². The molecule has 0 bridgehead atoms. The Morgan fingerprint density at radius 1 is 1.08 bits per heavy atom. The zero-order valence-corrected chi connectivity index (χ0v) is 22.6. The Hall–Kier alpha value is -2.12. The minimum atomic E-state index is 0.101. The number of benzene rings is 2. The van der Waals surface area contributed by atoms with Crippen LogP contribution in [-0.2, 0) is 0 Å². The molecule has 7 heteroatoms. The van der Waals surface area contributed by atoms with Gasteiger partial charge in [-0.2, -0.15) is 0 Å². The fraction of sp³-hybridized carbons (Fsp3) is 0.552. The largest absolute Gasteiger partial charge is 0.493 e. The Balaban J connectivity index is 1.39. The van der Waals surface area contributed by atoms with Gasteiger partial charge in [-0.25, -0.2) is 0 Å². The molecule has 1 amide bonds. The van der Waals surface area contributed by atoms with Crippen molar-refractivity contribution < 1.29 is 14.6 Å². The van der Waals surface area contributed by atoms with E-state index in [-0.39, 0.29) is 12.5 Å². The van der Waals surface area contributed by atoms with E-state index >= 15 is 0 Å². The molecule has 2 saturated heterocycles. The van der Waals surface area contributed by atoms with E-state index in [0.29, 0.717) is 35.8 Å². The van der Waals surface area contributed by atoms with E-state index in [1.54, 1.807) is 12.1 Å². The second kappa shape index (κ2) is 12.4. The quantitative estimate of drug-likeness (QED) is 0.492. The highest BCUT2D eigenvalue weighted by Crippen LogP contribution is 2.39. The monoisotopic (exact) mass is 513 g/mol. The predicted molar refractivity (Wildman–Crippen MR) is 145 cm³/mol. The van der Waals surface area contributed by atoms with Crippen LogP contribution in [0.5, 0.6) is 5.75 Å². The smallest absolute Gasteiger partial charge is 0.253 e. The standard InChI is InChI=1S/C29H40ClN3O3/c1-21-22(2)28(36-19-5-14-31(3)17-18-34)13-12-26(21)27-7-4-6-25-20-32(15-16-33(25)27)29(35)23-8-10-24(30)11-9-23/h8-13,25,27,34H,4-7,14-20H2,1-3H3/t25-,27?/m0/s1. The Labute approximate surface area is 220 Å². The van der Waals surface area contributed by atoms with Crippen molar-refractivity contribution in [2.45, 2.75) is 51.6 Å². The zero-order chi connectivity index (χ0) is 25.7. The fourth-order valence-electron chi connectivity index (χ4n) is 5.68. The predicted octanol–water partition coefficient (Wildman–Crippen LogP) is 4.70. The topological polar surface area (TPSA) is 56.3 Å². The number of piperidine rings is 1. The second-order valence-corrected chi connectivity index (χ2v) is 10.7. The van der Waals surface area contributed by atoms with Gasteiger partial charge in [-0.3, -0.25) is 9.69 Å². The Bertz CT molecular complexity index is 1030. The van der Waals surface area contributed by atoms with E-state index < -0.39 is 0 Å². The molecule has 4 rings (SSSR count). The van der Waals surface area contributed by atoms with Gasteiger partial charge in [0.25, 0.3) is 5.91 Å². The highest BCUT2D eigenvalue weighted by molar-refractivity contribution is 6.30. The van der Waals surface area contributed by atoms with E-state index in [9.17, 15) is 4.79 Å². The average Bonchev–Trinajstić information content (AvgIpc) is 2.88. The summed E-state index contributed by atoms with van der Waals surface area (Å²) in [6, 6.07) is 12.4. The number of piperazine rings is 1. The summed E-state index contributed by atoms with van der Waals surface area (Å²) in [6.07, 6.45) is 4.39. The third kappa shape index (κ3) is 6.23.